The normalized spacial score (nSPS) is 24.7. The number of thiol groups is 1. The van der Waals surface area contributed by atoms with Crippen molar-refractivity contribution in [3.8, 4) is 6.07 Å². The molecule has 7 nitrogen and oxygen atoms in total. The van der Waals surface area contributed by atoms with Gasteiger partial charge in [0.25, 0.3) is 0 Å². The second-order valence-corrected chi connectivity index (χ2v) is 13.5. The summed E-state index contributed by atoms with van der Waals surface area (Å²) in [5.74, 6) is 0.0516. The first-order chi connectivity index (χ1) is 23.0. The van der Waals surface area contributed by atoms with Gasteiger partial charge in [-0.25, -0.2) is 0 Å². The molecule has 3 unspecified atom stereocenters. The van der Waals surface area contributed by atoms with Gasteiger partial charge in [0.1, 0.15) is 13.2 Å². The number of aliphatic hydroxyl groups is 1. The maximum absolute atomic E-state index is 13.7. The van der Waals surface area contributed by atoms with Crippen molar-refractivity contribution in [1.29, 1.82) is 5.26 Å². The monoisotopic (exact) mass is 693 g/mol. The summed E-state index contributed by atoms with van der Waals surface area (Å²) in [5, 5.41) is 21.6. The van der Waals surface area contributed by atoms with E-state index in [1.54, 1.807) is 19.4 Å². The van der Waals surface area contributed by atoms with E-state index in [0.29, 0.717) is 57.7 Å². The van der Waals surface area contributed by atoms with Crippen LogP contribution in [0.3, 0.4) is 0 Å². The highest BCUT2D eigenvalue weighted by Crippen LogP contribution is 2.58. The molecule has 4 aliphatic rings. The third-order valence-corrected chi connectivity index (χ3v) is 10.5. The van der Waals surface area contributed by atoms with Crippen LogP contribution >= 0.6 is 12.6 Å². The number of hydrogen-bond donors (Lipinski definition) is 2. The second-order valence-electron chi connectivity index (χ2n) is 13.5. The van der Waals surface area contributed by atoms with Gasteiger partial charge >= 0.3 is 6.18 Å². The quantitative estimate of drug-likeness (QED) is 0.247. The maximum Gasteiger partial charge on any atom is 0.417 e. The van der Waals surface area contributed by atoms with Crippen molar-refractivity contribution in [2.24, 2.45) is 5.41 Å². The van der Waals surface area contributed by atoms with E-state index in [9.17, 15) is 23.5 Å². The molecule has 1 aromatic heterocycles. The van der Waals surface area contributed by atoms with E-state index < -0.39 is 35.1 Å². The molecular weight excluding hydrogens is 641 g/mol. The molecule has 266 valence electrons. The van der Waals surface area contributed by atoms with Crippen molar-refractivity contribution < 1.29 is 42.1 Å². The summed E-state index contributed by atoms with van der Waals surface area (Å²) < 4.78 is 61.6. The lowest BCUT2D eigenvalue weighted by atomic mass is 9.67. The van der Waals surface area contributed by atoms with Crippen molar-refractivity contribution in [2.75, 3.05) is 39.8 Å². The van der Waals surface area contributed by atoms with Crippen molar-refractivity contribution in [1.82, 2.24) is 0 Å². The van der Waals surface area contributed by atoms with Gasteiger partial charge in [-0.2, -0.15) is 31.1 Å². The number of alkyl halides is 3. The molecule has 48 heavy (non-hydrogen) atoms. The van der Waals surface area contributed by atoms with Gasteiger partial charge in [0.05, 0.1) is 45.9 Å². The highest BCUT2D eigenvalue weighted by atomic mass is 32.1. The first-order valence-corrected chi connectivity index (χ1v) is 18.1. The van der Waals surface area contributed by atoms with Crippen molar-refractivity contribution in [2.45, 2.75) is 115 Å². The smallest absolute Gasteiger partial charge is 0.388 e. The Morgan fingerprint density at radius 2 is 1.67 bits per heavy atom. The number of benzene rings is 1. The maximum atomic E-state index is 13.7. The Morgan fingerprint density at radius 1 is 1.04 bits per heavy atom. The summed E-state index contributed by atoms with van der Waals surface area (Å²) in [6.07, 6.45) is 2.96. The number of aliphatic hydroxyl groups excluding tert-OH is 1. The van der Waals surface area contributed by atoms with Crippen LogP contribution in [0.2, 0.25) is 0 Å². The Balaban J connectivity index is 0.000000808. The van der Waals surface area contributed by atoms with Gasteiger partial charge in [-0.3, -0.25) is 4.84 Å². The second kappa shape index (κ2) is 16.1. The lowest BCUT2D eigenvalue weighted by Gasteiger charge is -2.39. The minimum Gasteiger partial charge on any atom is -0.388 e. The molecule has 1 N–H and O–H groups in total. The number of hydrogen-bond acceptors (Lipinski definition) is 7. The number of halogens is 3. The van der Waals surface area contributed by atoms with Crippen LogP contribution in [-0.2, 0) is 32.4 Å². The molecule has 6 rings (SSSR count). The van der Waals surface area contributed by atoms with E-state index in [-0.39, 0.29) is 11.3 Å². The molecule has 11 heteroatoms. The molecule has 1 spiro atoms. The number of nitriles is 1. The molecule has 0 saturated carbocycles. The highest BCUT2D eigenvalue weighted by Gasteiger charge is 2.57. The zero-order valence-corrected chi connectivity index (χ0v) is 30.1. The summed E-state index contributed by atoms with van der Waals surface area (Å²) in [5.41, 5.74) is 2.59. The predicted octanol–water partition coefficient (Wildman–Crippen LogP) is 7.69. The Kier molecular flexibility index (Phi) is 12.9. The fourth-order valence-corrected chi connectivity index (χ4v) is 7.66. The summed E-state index contributed by atoms with van der Waals surface area (Å²) >= 11 is 3.53. The summed E-state index contributed by atoms with van der Waals surface area (Å²) in [4.78, 5) is 6.16. The molecule has 1 aliphatic carbocycles. The van der Waals surface area contributed by atoms with Gasteiger partial charge in [-0.1, -0.05) is 53.0 Å². The number of rotatable bonds is 5. The van der Waals surface area contributed by atoms with Gasteiger partial charge in [-0.15, -0.1) is 0 Å². The zero-order chi connectivity index (χ0) is 35.3. The lowest BCUT2D eigenvalue weighted by molar-refractivity contribution is -0.897. The van der Waals surface area contributed by atoms with Crippen LogP contribution in [0.15, 0.2) is 18.2 Å². The fraction of sp³-hybridized carbons (Fsp3) is 0.676. The van der Waals surface area contributed by atoms with E-state index in [4.69, 9.17) is 19.0 Å². The number of fused-ring (bicyclic) bond motifs is 4. The van der Waals surface area contributed by atoms with E-state index in [1.165, 1.54) is 25.0 Å². The van der Waals surface area contributed by atoms with Crippen LogP contribution in [0.5, 0.6) is 0 Å². The molecule has 2 saturated heterocycles. The van der Waals surface area contributed by atoms with E-state index in [0.717, 1.165) is 53.4 Å². The van der Waals surface area contributed by atoms with Crippen molar-refractivity contribution in [3.63, 3.8) is 0 Å². The van der Waals surface area contributed by atoms with Crippen LogP contribution in [0, 0.1) is 16.7 Å². The van der Waals surface area contributed by atoms with Crippen LogP contribution in [-0.4, -0.2) is 44.9 Å². The molecule has 0 bridgehead atoms. The first kappa shape index (κ1) is 38.4. The molecule has 1 aromatic carbocycles. The van der Waals surface area contributed by atoms with Crippen LogP contribution in [0.4, 0.5) is 13.2 Å². The fourth-order valence-electron chi connectivity index (χ4n) is 7.66. The number of unbranched alkanes of at least 4 members (excludes halogenated alkanes) is 1. The van der Waals surface area contributed by atoms with Gasteiger partial charge in [0.15, 0.2) is 0 Å². The lowest BCUT2D eigenvalue weighted by Crippen LogP contribution is -2.54. The van der Waals surface area contributed by atoms with Gasteiger partial charge in [-0.05, 0) is 48.6 Å². The highest BCUT2D eigenvalue weighted by molar-refractivity contribution is 7.79. The number of ether oxygens (including phenoxy) is 3. The average Bonchev–Trinajstić information content (AvgIpc) is 3.41. The average molecular weight is 694 g/mol. The Labute approximate surface area is 289 Å². The predicted molar refractivity (Wildman–Crippen MR) is 180 cm³/mol. The molecule has 4 heterocycles. The zero-order valence-electron chi connectivity index (χ0n) is 29.2. The van der Waals surface area contributed by atoms with Gasteiger partial charge in [0, 0.05) is 56.0 Å². The number of aromatic nitrogens is 1. The number of pyridine rings is 1. The van der Waals surface area contributed by atoms with Gasteiger partial charge < -0.3 is 19.3 Å². The largest absolute Gasteiger partial charge is 0.417 e. The van der Waals surface area contributed by atoms with Crippen LogP contribution in [0.1, 0.15) is 142 Å². The summed E-state index contributed by atoms with van der Waals surface area (Å²) in [6, 6.07) is 5.46. The van der Waals surface area contributed by atoms with Crippen LogP contribution in [0.25, 0.3) is 0 Å². The Bertz CT molecular complexity index is 1450. The van der Waals surface area contributed by atoms with E-state index in [2.05, 4.69) is 40.3 Å². The SMILES string of the molecule is CCC1(C)Cc2c(c3c(c(C4CCOCC4)[n+]2OC)C(c2ccc(C(F)(F)F)c(C#N)c2)OC32CCOCC2)C(O)C1.CCCC.CS. The number of nitrogens with zero attached hydrogens (tertiary/aromatic N) is 2. The van der Waals surface area contributed by atoms with Gasteiger partial charge in [0.2, 0.25) is 11.4 Å². The molecule has 3 aliphatic heterocycles. The van der Waals surface area contributed by atoms with E-state index >= 15 is 0 Å². The molecule has 3 atom stereocenters. The van der Waals surface area contributed by atoms with Crippen LogP contribution < -0.4 is 9.57 Å². The van der Waals surface area contributed by atoms with Crippen molar-refractivity contribution in [3.05, 3.63) is 63.0 Å². The first-order valence-electron chi connectivity index (χ1n) is 17.2. The summed E-state index contributed by atoms with van der Waals surface area (Å²) in [7, 11) is 1.63. The Morgan fingerprint density at radius 3 is 2.21 bits per heavy atom. The molecule has 2 aromatic rings. The molecule has 2 fully saturated rings. The minimum atomic E-state index is -4.65. The Hall–Kier alpha value is -2.36. The van der Waals surface area contributed by atoms with E-state index in [1.807, 2.05) is 4.73 Å². The molecule has 0 radical (unpaired) electrons. The molecular formula is C37H52F3N2O5S+. The third-order valence-electron chi connectivity index (χ3n) is 10.5. The molecule has 0 amide bonds. The minimum absolute atomic E-state index is 0.0516. The summed E-state index contributed by atoms with van der Waals surface area (Å²) in [6.45, 7) is 10.8. The van der Waals surface area contributed by atoms with Crippen molar-refractivity contribution >= 4 is 12.6 Å². The standard InChI is InChI=1S/C32H38F3N2O5.C4H10.CH4S/c1-4-30(2)16-23-25(24(38)17-30)27-26(28(37(23)39-3)19-7-11-40-12-8-19)29(42-31(27)9-13-41-14-10-31)20-5-6-22(32(33,34)35)21(15-20)18-36;1-3-4-2;1-2/h5-6,15,19,24,29,38H,4,7-14,16-17H2,1-3H3;3-4H2,1-2H3;2H,1H3/q+1;;. The topological polar surface area (TPSA) is 84.8 Å². The third kappa shape index (κ3) is 7.39.